The van der Waals surface area contributed by atoms with Gasteiger partial charge in [0.2, 0.25) is 0 Å². The van der Waals surface area contributed by atoms with Crippen LogP contribution in [0.2, 0.25) is 0 Å². The van der Waals surface area contributed by atoms with Gasteiger partial charge in [-0.15, -0.1) is 0 Å². The van der Waals surface area contributed by atoms with E-state index in [-0.39, 0.29) is 0 Å². The first-order valence-corrected chi connectivity index (χ1v) is 7.64. The number of benzene rings is 1. The lowest BCUT2D eigenvalue weighted by Gasteiger charge is -2.37. The first-order valence-electron chi connectivity index (χ1n) is 6.85. The average Bonchev–Trinajstić information content (AvgIpc) is 2.42. The van der Waals surface area contributed by atoms with Crippen molar-refractivity contribution >= 4 is 15.9 Å². The van der Waals surface area contributed by atoms with Crippen LogP contribution in [0.5, 0.6) is 0 Å². The molecule has 0 spiro atoms. The van der Waals surface area contributed by atoms with Crippen LogP contribution in [0.15, 0.2) is 28.7 Å². The van der Waals surface area contributed by atoms with Crippen molar-refractivity contribution in [3.8, 4) is 0 Å². The number of likely N-dealkylation sites (tertiary alicyclic amines) is 1. The van der Waals surface area contributed by atoms with Gasteiger partial charge in [-0.1, -0.05) is 35.0 Å². The Hall–Kier alpha value is -0.380. The highest BCUT2D eigenvalue weighted by Gasteiger charge is 2.24. The first-order chi connectivity index (χ1) is 8.74. The van der Waals surface area contributed by atoms with Crippen LogP contribution in [0.25, 0.3) is 0 Å². The van der Waals surface area contributed by atoms with Gasteiger partial charge in [0, 0.05) is 17.1 Å². The molecule has 0 amide bonds. The summed E-state index contributed by atoms with van der Waals surface area (Å²) in [7, 11) is 0. The van der Waals surface area contributed by atoms with Crippen LogP contribution in [0.1, 0.15) is 37.8 Å². The molecular weight excluding hydrogens is 290 g/mol. The second kappa shape index (κ2) is 6.69. The monoisotopic (exact) mass is 311 g/mol. The number of rotatable bonds is 4. The van der Waals surface area contributed by atoms with E-state index < -0.39 is 0 Å². The Kier molecular flexibility index (Phi) is 5.22. The van der Waals surface area contributed by atoms with Gasteiger partial charge < -0.3 is 5.11 Å². The van der Waals surface area contributed by atoms with E-state index in [1.165, 1.54) is 5.56 Å². The molecule has 0 radical (unpaired) electrons. The quantitative estimate of drug-likeness (QED) is 0.918. The number of aliphatic hydroxyl groups is 1. The smallest absolute Gasteiger partial charge is 0.0460 e. The molecule has 100 valence electrons. The number of aliphatic hydroxyl groups excluding tert-OH is 1. The molecule has 1 aliphatic rings. The van der Waals surface area contributed by atoms with Crippen LogP contribution in [-0.4, -0.2) is 29.7 Å². The average molecular weight is 312 g/mol. The van der Waals surface area contributed by atoms with E-state index in [0.29, 0.717) is 18.6 Å². The molecular formula is C15H22BrNO. The van der Waals surface area contributed by atoms with Crippen LogP contribution in [-0.2, 0) is 0 Å². The lowest BCUT2D eigenvalue weighted by atomic mass is 9.94. The van der Waals surface area contributed by atoms with Gasteiger partial charge in [-0.05, 0) is 56.0 Å². The summed E-state index contributed by atoms with van der Waals surface area (Å²) in [5.41, 5.74) is 1.41. The second-order valence-electron chi connectivity index (χ2n) is 5.14. The predicted octanol–water partition coefficient (Wildman–Crippen LogP) is 3.60. The summed E-state index contributed by atoms with van der Waals surface area (Å²) < 4.78 is 1.14. The topological polar surface area (TPSA) is 23.5 Å². The highest BCUT2D eigenvalue weighted by atomic mass is 79.9. The van der Waals surface area contributed by atoms with E-state index in [9.17, 15) is 5.11 Å². The highest BCUT2D eigenvalue weighted by molar-refractivity contribution is 9.10. The van der Waals surface area contributed by atoms with Gasteiger partial charge in [-0.2, -0.15) is 0 Å². The number of hydrogen-bond acceptors (Lipinski definition) is 2. The van der Waals surface area contributed by atoms with Crippen molar-refractivity contribution < 1.29 is 5.11 Å². The van der Waals surface area contributed by atoms with Gasteiger partial charge >= 0.3 is 0 Å². The molecule has 0 saturated carbocycles. The van der Waals surface area contributed by atoms with E-state index in [0.717, 1.165) is 36.8 Å². The van der Waals surface area contributed by atoms with Crippen molar-refractivity contribution in [2.75, 3.05) is 19.7 Å². The molecule has 1 aromatic rings. The Morgan fingerprint density at radius 2 is 1.89 bits per heavy atom. The zero-order chi connectivity index (χ0) is 13.0. The molecule has 1 unspecified atom stereocenters. The lowest BCUT2D eigenvalue weighted by Crippen LogP contribution is -2.37. The summed E-state index contributed by atoms with van der Waals surface area (Å²) in [5.74, 6) is 0.517. The SMILES string of the molecule is CCC(c1ccc(Br)cc1)N1CCC(CO)CC1. The zero-order valence-corrected chi connectivity index (χ0v) is 12.6. The first kappa shape index (κ1) is 14.0. The Balaban J connectivity index is 2.03. The molecule has 1 fully saturated rings. The van der Waals surface area contributed by atoms with Gasteiger partial charge in [-0.3, -0.25) is 4.90 Å². The molecule has 1 saturated heterocycles. The van der Waals surface area contributed by atoms with E-state index >= 15 is 0 Å². The third-order valence-corrected chi connectivity index (χ3v) is 4.52. The Morgan fingerprint density at radius 3 is 2.39 bits per heavy atom. The number of halogens is 1. The maximum Gasteiger partial charge on any atom is 0.0460 e. The summed E-state index contributed by atoms with van der Waals surface area (Å²) in [6, 6.07) is 9.21. The standard InChI is InChI=1S/C15H22BrNO/c1-2-15(13-3-5-14(16)6-4-13)17-9-7-12(11-18)8-10-17/h3-6,12,15,18H,2,7-11H2,1H3. The van der Waals surface area contributed by atoms with Gasteiger partial charge in [-0.25, -0.2) is 0 Å². The largest absolute Gasteiger partial charge is 0.396 e. The van der Waals surface area contributed by atoms with E-state index in [1.807, 2.05) is 0 Å². The molecule has 3 heteroatoms. The van der Waals surface area contributed by atoms with E-state index in [1.54, 1.807) is 0 Å². The third-order valence-electron chi connectivity index (χ3n) is 3.99. The summed E-state index contributed by atoms with van der Waals surface area (Å²) in [6.07, 6.45) is 3.40. The van der Waals surface area contributed by atoms with Crippen molar-refractivity contribution in [1.82, 2.24) is 4.90 Å². The molecule has 2 rings (SSSR count). The fourth-order valence-electron chi connectivity index (χ4n) is 2.84. The molecule has 1 N–H and O–H groups in total. The van der Waals surface area contributed by atoms with Crippen molar-refractivity contribution in [1.29, 1.82) is 0 Å². The van der Waals surface area contributed by atoms with Crippen LogP contribution in [0, 0.1) is 5.92 Å². The molecule has 1 heterocycles. The summed E-state index contributed by atoms with van der Waals surface area (Å²) in [4.78, 5) is 2.56. The Bertz CT molecular complexity index is 357. The summed E-state index contributed by atoms with van der Waals surface area (Å²) in [6.45, 7) is 4.83. The van der Waals surface area contributed by atoms with Crippen molar-refractivity contribution in [2.45, 2.75) is 32.2 Å². The van der Waals surface area contributed by atoms with Crippen molar-refractivity contribution in [3.63, 3.8) is 0 Å². The minimum absolute atomic E-state index is 0.350. The van der Waals surface area contributed by atoms with E-state index in [2.05, 4.69) is 52.0 Å². The number of nitrogens with zero attached hydrogens (tertiary/aromatic N) is 1. The zero-order valence-electron chi connectivity index (χ0n) is 11.0. The molecule has 18 heavy (non-hydrogen) atoms. The fourth-order valence-corrected chi connectivity index (χ4v) is 3.10. The maximum absolute atomic E-state index is 9.20. The van der Waals surface area contributed by atoms with Gasteiger partial charge in [0.1, 0.15) is 0 Å². The molecule has 1 aromatic carbocycles. The molecule has 1 atom stereocenters. The summed E-state index contributed by atoms with van der Waals surface area (Å²) in [5, 5.41) is 9.20. The molecule has 0 bridgehead atoms. The van der Waals surface area contributed by atoms with Crippen LogP contribution >= 0.6 is 15.9 Å². The molecule has 1 aliphatic heterocycles. The number of piperidine rings is 1. The number of hydrogen-bond donors (Lipinski definition) is 1. The van der Waals surface area contributed by atoms with Gasteiger partial charge in [0.15, 0.2) is 0 Å². The normalized spacial score (nSPS) is 19.9. The molecule has 2 nitrogen and oxygen atoms in total. The fraction of sp³-hybridized carbons (Fsp3) is 0.600. The van der Waals surface area contributed by atoms with Crippen LogP contribution in [0.4, 0.5) is 0 Å². The molecule has 0 aliphatic carbocycles. The third kappa shape index (κ3) is 3.34. The molecule has 0 aromatic heterocycles. The Labute approximate surface area is 118 Å². The van der Waals surface area contributed by atoms with Gasteiger partial charge in [0.05, 0.1) is 0 Å². The highest BCUT2D eigenvalue weighted by Crippen LogP contribution is 2.29. The summed E-state index contributed by atoms with van der Waals surface area (Å²) >= 11 is 3.49. The van der Waals surface area contributed by atoms with Crippen molar-refractivity contribution in [3.05, 3.63) is 34.3 Å². The Morgan fingerprint density at radius 1 is 1.28 bits per heavy atom. The second-order valence-corrected chi connectivity index (χ2v) is 6.05. The van der Waals surface area contributed by atoms with E-state index in [4.69, 9.17) is 0 Å². The van der Waals surface area contributed by atoms with Gasteiger partial charge in [0.25, 0.3) is 0 Å². The van der Waals surface area contributed by atoms with Crippen LogP contribution in [0.3, 0.4) is 0 Å². The minimum atomic E-state index is 0.350. The predicted molar refractivity (Wildman–Crippen MR) is 78.6 cm³/mol. The maximum atomic E-state index is 9.20. The lowest BCUT2D eigenvalue weighted by molar-refractivity contribution is 0.0981. The van der Waals surface area contributed by atoms with Crippen LogP contribution < -0.4 is 0 Å². The minimum Gasteiger partial charge on any atom is -0.396 e. The van der Waals surface area contributed by atoms with Crippen molar-refractivity contribution in [2.24, 2.45) is 5.92 Å².